The van der Waals surface area contributed by atoms with Crippen LogP contribution >= 0.6 is 0 Å². The maximum Gasteiger partial charge on any atom is 0.267 e. The summed E-state index contributed by atoms with van der Waals surface area (Å²) in [7, 11) is 0. The van der Waals surface area contributed by atoms with Crippen LogP contribution in [-0.4, -0.2) is 40.7 Å². The summed E-state index contributed by atoms with van der Waals surface area (Å²) in [5, 5.41) is 10.6. The molecule has 140 valence electrons. The van der Waals surface area contributed by atoms with Crippen molar-refractivity contribution in [3.63, 3.8) is 0 Å². The van der Waals surface area contributed by atoms with E-state index in [4.69, 9.17) is 5.21 Å². The molecule has 4 rings (SSSR count). The fraction of sp³-hybridized carbons (Fsp3) is 0.286. The van der Waals surface area contributed by atoms with Crippen LogP contribution in [0.2, 0.25) is 0 Å². The SMILES string of the molecule is O=C(/C=C/c1ccc(C2CCCN2CC2=C3C=CC=CN3NC2)cc1)NO. The van der Waals surface area contributed by atoms with E-state index in [-0.39, 0.29) is 0 Å². The Morgan fingerprint density at radius 1 is 1.30 bits per heavy atom. The van der Waals surface area contributed by atoms with E-state index in [0.29, 0.717) is 6.04 Å². The lowest BCUT2D eigenvalue weighted by Crippen LogP contribution is -2.28. The topological polar surface area (TPSA) is 67.8 Å². The molecule has 6 heteroatoms. The smallest absolute Gasteiger partial charge is 0.267 e. The van der Waals surface area contributed by atoms with E-state index in [9.17, 15) is 4.79 Å². The Morgan fingerprint density at radius 2 is 2.15 bits per heavy atom. The molecule has 1 aromatic rings. The van der Waals surface area contributed by atoms with Crippen LogP contribution < -0.4 is 10.9 Å². The van der Waals surface area contributed by atoms with E-state index >= 15 is 0 Å². The zero-order chi connectivity index (χ0) is 18.6. The minimum atomic E-state index is -0.526. The van der Waals surface area contributed by atoms with Crippen molar-refractivity contribution >= 4 is 12.0 Å². The molecule has 0 aromatic heterocycles. The first kappa shape index (κ1) is 17.7. The summed E-state index contributed by atoms with van der Waals surface area (Å²) in [5.74, 6) is -0.526. The largest absolute Gasteiger partial charge is 0.292 e. The minimum absolute atomic E-state index is 0.425. The van der Waals surface area contributed by atoms with Gasteiger partial charge in [-0.25, -0.2) is 10.9 Å². The highest BCUT2D eigenvalue weighted by molar-refractivity contribution is 5.90. The van der Waals surface area contributed by atoms with Crippen LogP contribution in [0.25, 0.3) is 6.08 Å². The molecule has 0 saturated carbocycles. The van der Waals surface area contributed by atoms with Crippen LogP contribution in [0, 0.1) is 0 Å². The number of nitrogens with one attached hydrogen (secondary N) is 2. The number of carbonyl (C=O) groups is 1. The number of hydrogen-bond acceptors (Lipinski definition) is 5. The maximum atomic E-state index is 11.1. The number of hydroxylamine groups is 1. The number of nitrogens with zero attached hydrogens (tertiary/aromatic N) is 2. The third kappa shape index (κ3) is 3.88. The number of fused-ring (bicyclic) bond motifs is 1. The fourth-order valence-electron chi connectivity index (χ4n) is 3.95. The summed E-state index contributed by atoms with van der Waals surface area (Å²) in [5.41, 5.74) is 9.95. The van der Waals surface area contributed by atoms with Gasteiger partial charge >= 0.3 is 0 Å². The van der Waals surface area contributed by atoms with Gasteiger partial charge in [-0.1, -0.05) is 30.3 Å². The molecule has 3 aliphatic heterocycles. The second kappa shape index (κ2) is 7.92. The van der Waals surface area contributed by atoms with Crippen molar-refractivity contribution in [3.8, 4) is 0 Å². The van der Waals surface area contributed by atoms with Crippen molar-refractivity contribution in [2.45, 2.75) is 18.9 Å². The third-order valence-electron chi connectivity index (χ3n) is 5.30. The lowest BCUT2D eigenvalue weighted by Gasteiger charge is -2.26. The fourth-order valence-corrected chi connectivity index (χ4v) is 3.95. The number of carbonyl (C=O) groups excluding carboxylic acids is 1. The predicted molar refractivity (Wildman–Crippen MR) is 104 cm³/mol. The van der Waals surface area contributed by atoms with Crippen molar-refractivity contribution in [3.05, 3.63) is 77.2 Å². The molecule has 1 fully saturated rings. The molecular weight excluding hydrogens is 340 g/mol. The van der Waals surface area contributed by atoms with Crippen LogP contribution in [0.4, 0.5) is 0 Å². The van der Waals surface area contributed by atoms with E-state index in [0.717, 1.165) is 31.6 Å². The van der Waals surface area contributed by atoms with E-state index in [1.54, 1.807) is 11.6 Å². The van der Waals surface area contributed by atoms with Crippen LogP contribution in [-0.2, 0) is 4.79 Å². The number of benzene rings is 1. The standard InChI is InChI=1S/C21H24N4O2/c26-21(23-27)11-8-16-6-9-17(10-7-16)19-5-3-12-24(19)15-18-14-22-25-13-2-1-4-20(18)25/h1-2,4,6-11,13,19,22,27H,3,5,12,14-15H2,(H,23,26)/b11-8+. The Labute approximate surface area is 159 Å². The van der Waals surface area contributed by atoms with Gasteiger partial charge in [-0.15, -0.1) is 0 Å². The van der Waals surface area contributed by atoms with Crippen LogP contribution in [0.15, 0.2) is 66.0 Å². The van der Waals surface area contributed by atoms with Crippen LogP contribution in [0.3, 0.4) is 0 Å². The quantitative estimate of drug-likeness (QED) is 0.426. The zero-order valence-corrected chi connectivity index (χ0v) is 15.1. The Hall–Kier alpha value is -2.67. The maximum absolute atomic E-state index is 11.1. The van der Waals surface area contributed by atoms with Crippen molar-refractivity contribution < 1.29 is 10.0 Å². The van der Waals surface area contributed by atoms with Crippen molar-refractivity contribution in [2.24, 2.45) is 0 Å². The molecule has 27 heavy (non-hydrogen) atoms. The molecular formula is C21H24N4O2. The summed E-state index contributed by atoms with van der Waals surface area (Å²) < 4.78 is 0. The van der Waals surface area contributed by atoms with Crippen LogP contribution in [0.5, 0.6) is 0 Å². The molecule has 6 nitrogen and oxygen atoms in total. The first-order valence-corrected chi connectivity index (χ1v) is 9.30. The van der Waals surface area contributed by atoms with Gasteiger partial charge in [0.2, 0.25) is 0 Å². The molecule has 0 bridgehead atoms. The van der Waals surface area contributed by atoms with Gasteiger partial charge in [0.1, 0.15) is 0 Å². The number of hydrogen-bond donors (Lipinski definition) is 3. The molecule has 1 aromatic carbocycles. The van der Waals surface area contributed by atoms with E-state index in [2.05, 4.69) is 45.8 Å². The average Bonchev–Trinajstić information content (AvgIpc) is 3.34. The van der Waals surface area contributed by atoms with Gasteiger partial charge in [-0.2, -0.15) is 0 Å². The molecule has 1 unspecified atom stereocenters. The van der Waals surface area contributed by atoms with E-state index in [1.165, 1.54) is 29.3 Å². The molecule has 3 aliphatic rings. The first-order valence-electron chi connectivity index (χ1n) is 9.30. The molecule has 3 heterocycles. The molecule has 0 spiro atoms. The lowest BCUT2D eigenvalue weighted by molar-refractivity contribution is -0.124. The summed E-state index contributed by atoms with van der Waals surface area (Å²) in [6.07, 6.45) is 13.7. The number of likely N-dealkylation sites (tertiary alicyclic amines) is 1. The molecule has 0 radical (unpaired) electrons. The highest BCUT2D eigenvalue weighted by atomic mass is 16.5. The van der Waals surface area contributed by atoms with Gasteiger partial charge in [0.05, 0.1) is 5.70 Å². The van der Waals surface area contributed by atoms with Gasteiger partial charge in [-0.3, -0.25) is 19.9 Å². The van der Waals surface area contributed by atoms with Gasteiger partial charge < -0.3 is 0 Å². The molecule has 1 saturated heterocycles. The predicted octanol–water partition coefficient (Wildman–Crippen LogP) is 2.50. The Balaban J connectivity index is 1.46. The Morgan fingerprint density at radius 3 is 2.96 bits per heavy atom. The molecule has 1 amide bonds. The first-order chi connectivity index (χ1) is 13.2. The zero-order valence-electron chi connectivity index (χ0n) is 15.1. The number of amides is 1. The molecule has 0 aliphatic carbocycles. The van der Waals surface area contributed by atoms with Gasteiger partial charge in [-0.05, 0) is 54.3 Å². The summed E-state index contributed by atoms with van der Waals surface area (Å²) in [4.78, 5) is 13.7. The Kier molecular flexibility index (Phi) is 5.20. The average molecular weight is 364 g/mol. The normalized spacial score (nSPS) is 22.1. The number of allylic oxidation sites excluding steroid dienone is 3. The third-order valence-corrected chi connectivity index (χ3v) is 5.30. The van der Waals surface area contributed by atoms with E-state index in [1.807, 2.05) is 18.2 Å². The minimum Gasteiger partial charge on any atom is -0.292 e. The van der Waals surface area contributed by atoms with Crippen molar-refractivity contribution in [1.29, 1.82) is 0 Å². The second-order valence-corrected chi connectivity index (χ2v) is 7.00. The van der Waals surface area contributed by atoms with Gasteiger partial charge in [0.15, 0.2) is 0 Å². The monoisotopic (exact) mass is 364 g/mol. The number of rotatable bonds is 5. The second-order valence-electron chi connectivity index (χ2n) is 7.00. The summed E-state index contributed by atoms with van der Waals surface area (Å²) >= 11 is 0. The van der Waals surface area contributed by atoms with Gasteiger partial charge in [0.25, 0.3) is 5.91 Å². The van der Waals surface area contributed by atoms with Crippen molar-refractivity contribution in [1.82, 2.24) is 20.8 Å². The lowest BCUT2D eigenvalue weighted by atomic mass is 10.0. The van der Waals surface area contributed by atoms with Crippen LogP contribution in [0.1, 0.15) is 30.0 Å². The summed E-state index contributed by atoms with van der Waals surface area (Å²) in [6.45, 7) is 2.98. The van der Waals surface area contributed by atoms with Crippen molar-refractivity contribution in [2.75, 3.05) is 19.6 Å². The Bertz CT molecular complexity index is 823. The van der Waals surface area contributed by atoms with Gasteiger partial charge in [0, 0.05) is 31.4 Å². The highest BCUT2D eigenvalue weighted by Gasteiger charge is 2.29. The molecule has 3 N–H and O–H groups in total. The number of hydrazine groups is 1. The van der Waals surface area contributed by atoms with E-state index < -0.39 is 5.91 Å². The summed E-state index contributed by atoms with van der Waals surface area (Å²) in [6, 6.07) is 8.73. The molecule has 1 atom stereocenters. The highest BCUT2D eigenvalue weighted by Crippen LogP contribution is 2.34.